The molecule has 0 radical (unpaired) electrons. The Labute approximate surface area is 164 Å². The van der Waals surface area contributed by atoms with Crippen LogP contribution in [0.5, 0.6) is 0 Å². The van der Waals surface area contributed by atoms with Crippen LogP contribution in [-0.2, 0) is 17.8 Å². The molecule has 0 aliphatic heterocycles. The second-order valence-electron chi connectivity index (χ2n) is 6.69. The Morgan fingerprint density at radius 3 is 2.56 bits per heavy atom. The highest BCUT2D eigenvalue weighted by Crippen LogP contribution is 2.31. The van der Waals surface area contributed by atoms with E-state index in [1.165, 1.54) is 16.7 Å². The molecule has 0 fully saturated rings. The molecule has 1 amide bonds. The number of ether oxygens (including phenoxy) is 1. The fraction of sp³-hybridized carbons (Fsp3) is 0.400. The average molecular weight is 391 g/mol. The van der Waals surface area contributed by atoms with Crippen molar-refractivity contribution in [1.29, 1.82) is 0 Å². The van der Waals surface area contributed by atoms with E-state index in [1.807, 2.05) is 7.05 Å². The van der Waals surface area contributed by atoms with E-state index in [1.54, 1.807) is 14.0 Å². The summed E-state index contributed by atoms with van der Waals surface area (Å²) in [4.78, 5) is 26.3. The Hall–Kier alpha value is -2.38. The minimum absolute atomic E-state index is 0.239. The molecule has 146 valence electrons. The van der Waals surface area contributed by atoms with E-state index >= 15 is 0 Å². The first-order valence-corrected chi connectivity index (χ1v) is 9.77. The maximum Gasteiger partial charge on any atom is 0.341 e. The fourth-order valence-corrected chi connectivity index (χ4v) is 4.13. The van der Waals surface area contributed by atoms with Gasteiger partial charge in [0.05, 0.1) is 13.7 Å². The molecule has 0 spiro atoms. The number of quaternary nitrogens is 1. The van der Waals surface area contributed by atoms with E-state index in [2.05, 4.69) is 37.4 Å². The third kappa shape index (κ3) is 4.87. The first-order valence-electron chi connectivity index (χ1n) is 8.96. The van der Waals surface area contributed by atoms with Crippen molar-refractivity contribution < 1.29 is 19.2 Å². The van der Waals surface area contributed by atoms with Crippen LogP contribution in [0.3, 0.4) is 0 Å². The van der Waals surface area contributed by atoms with Crippen molar-refractivity contribution in [3.05, 3.63) is 50.9 Å². The molecule has 0 saturated heterocycles. The zero-order valence-electron chi connectivity index (χ0n) is 16.6. The van der Waals surface area contributed by atoms with Gasteiger partial charge in [-0.05, 0) is 26.3 Å². The molecule has 1 heterocycles. The standard InChI is InChI=1S/C20H27N3O3S/c1-6-26-20(25)16-15(17(19(24)22-4)27-18(16)21)11-23(5)10-14-8-7-12(2)9-13(14)3/h7-9H,6,10-11,21H2,1-5H3,(H,22,24)/p+1. The summed E-state index contributed by atoms with van der Waals surface area (Å²) in [5.74, 6) is -0.715. The number of nitrogen functional groups attached to an aromatic ring is 1. The van der Waals surface area contributed by atoms with Crippen molar-refractivity contribution in [3.63, 3.8) is 0 Å². The van der Waals surface area contributed by atoms with Crippen LogP contribution >= 0.6 is 11.3 Å². The Bertz CT molecular complexity index is 845. The Morgan fingerprint density at radius 2 is 1.96 bits per heavy atom. The maximum absolute atomic E-state index is 12.4. The lowest BCUT2D eigenvalue weighted by Crippen LogP contribution is -3.06. The van der Waals surface area contributed by atoms with E-state index < -0.39 is 5.97 Å². The molecule has 1 aromatic heterocycles. The van der Waals surface area contributed by atoms with Crippen LogP contribution in [0.1, 0.15) is 49.2 Å². The van der Waals surface area contributed by atoms with Gasteiger partial charge in [-0.3, -0.25) is 4.79 Å². The average Bonchev–Trinajstić information content (AvgIpc) is 2.93. The van der Waals surface area contributed by atoms with Gasteiger partial charge in [0.1, 0.15) is 28.5 Å². The predicted octanol–water partition coefficient (Wildman–Crippen LogP) is 1.70. The molecule has 0 aliphatic carbocycles. The quantitative estimate of drug-likeness (QED) is 0.628. The summed E-state index contributed by atoms with van der Waals surface area (Å²) in [5, 5.41) is 2.95. The zero-order valence-corrected chi connectivity index (χ0v) is 17.4. The van der Waals surface area contributed by atoms with E-state index in [0.29, 0.717) is 27.5 Å². The summed E-state index contributed by atoms with van der Waals surface area (Å²) >= 11 is 1.13. The number of carbonyl (C=O) groups is 2. The number of aryl methyl sites for hydroxylation is 2. The minimum atomic E-state index is -0.476. The van der Waals surface area contributed by atoms with Crippen molar-refractivity contribution in [2.75, 3.05) is 26.4 Å². The number of hydrogen-bond donors (Lipinski definition) is 3. The Kier molecular flexibility index (Phi) is 6.98. The minimum Gasteiger partial charge on any atom is -0.462 e. The van der Waals surface area contributed by atoms with E-state index in [9.17, 15) is 9.59 Å². The molecular weight excluding hydrogens is 362 g/mol. The first kappa shape index (κ1) is 20.9. The van der Waals surface area contributed by atoms with Gasteiger partial charge < -0.3 is 20.7 Å². The molecule has 7 heteroatoms. The van der Waals surface area contributed by atoms with Crippen molar-refractivity contribution in [2.45, 2.75) is 33.9 Å². The second kappa shape index (κ2) is 9.01. The van der Waals surface area contributed by atoms with Gasteiger partial charge in [0.2, 0.25) is 0 Å². The monoisotopic (exact) mass is 390 g/mol. The van der Waals surface area contributed by atoms with E-state index in [-0.39, 0.29) is 12.5 Å². The number of rotatable bonds is 7. The molecular formula is C20H28N3O3S+. The number of benzene rings is 1. The molecule has 27 heavy (non-hydrogen) atoms. The summed E-state index contributed by atoms with van der Waals surface area (Å²) in [7, 11) is 3.61. The van der Waals surface area contributed by atoms with Crippen LogP contribution in [0.15, 0.2) is 18.2 Å². The number of esters is 1. The summed E-state index contributed by atoms with van der Waals surface area (Å²) in [6, 6.07) is 6.38. The van der Waals surface area contributed by atoms with Crippen LogP contribution in [0, 0.1) is 13.8 Å². The fourth-order valence-electron chi connectivity index (χ4n) is 3.11. The Morgan fingerprint density at radius 1 is 1.26 bits per heavy atom. The molecule has 1 aromatic carbocycles. The highest BCUT2D eigenvalue weighted by atomic mass is 32.1. The van der Waals surface area contributed by atoms with Gasteiger partial charge in [0, 0.05) is 18.2 Å². The van der Waals surface area contributed by atoms with Gasteiger partial charge in [-0.2, -0.15) is 0 Å². The van der Waals surface area contributed by atoms with Gasteiger partial charge in [-0.25, -0.2) is 4.79 Å². The molecule has 1 unspecified atom stereocenters. The van der Waals surface area contributed by atoms with Gasteiger partial charge >= 0.3 is 5.97 Å². The van der Waals surface area contributed by atoms with Crippen LogP contribution < -0.4 is 16.0 Å². The summed E-state index contributed by atoms with van der Waals surface area (Å²) in [5.41, 5.74) is 10.7. The number of nitrogens with two attached hydrogens (primary N) is 1. The number of anilines is 1. The van der Waals surface area contributed by atoms with Crippen LogP contribution in [-0.4, -0.2) is 32.6 Å². The van der Waals surface area contributed by atoms with Gasteiger partial charge in [-0.15, -0.1) is 11.3 Å². The van der Waals surface area contributed by atoms with Gasteiger partial charge in [0.25, 0.3) is 5.91 Å². The van der Waals surface area contributed by atoms with Crippen LogP contribution in [0.4, 0.5) is 5.00 Å². The molecule has 0 bridgehead atoms. The number of amides is 1. The summed E-state index contributed by atoms with van der Waals surface area (Å²) in [6.45, 7) is 7.45. The third-order valence-corrected chi connectivity index (χ3v) is 5.48. The van der Waals surface area contributed by atoms with Gasteiger partial charge in [-0.1, -0.05) is 23.8 Å². The van der Waals surface area contributed by atoms with E-state index in [0.717, 1.165) is 22.8 Å². The third-order valence-electron chi connectivity index (χ3n) is 4.42. The molecule has 1 atom stereocenters. The van der Waals surface area contributed by atoms with Crippen molar-refractivity contribution in [1.82, 2.24) is 5.32 Å². The lowest BCUT2D eigenvalue weighted by molar-refractivity contribution is -0.907. The lowest BCUT2D eigenvalue weighted by Gasteiger charge is -2.17. The highest BCUT2D eigenvalue weighted by molar-refractivity contribution is 7.18. The molecule has 4 N–H and O–H groups in total. The molecule has 0 saturated carbocycles. The predicted molar refractivity (Wildman–Crippen MR) is 108 cm³/mol. The van der Waals surface area contributed by atoms with Gasteiger partial charge in [0.15, 0.2) is 0 Å². The number of hydrogen-bond acceptors (Lipinski definition) is 5. The van der Waals surface area contributed by atoms with Crippen molar-refractivity contribution >= 4 is 28.2 Å². The van der Waals surface area contributed by atoms with Crippen molar-refractivity contribution in [3.8, 4) is 0 Å². The summed E-state index contributed by atoms with van der Waals surface area (Å²) in [6.07, 6.45) is 0. The smallest absolute Gasteiger partial charge is 0.341 e. The summed E-state index contributed by atoms with van der Waals surface area (Å²) < 4.78 is 5.16. The molecule has 0 aliphatic rings. The normalized spacial score (nSPS) is 11.9. The number of nitrogens with one attached hydrogen (secondary N) is 2. The zero-order chi connectivity index (χ0) is 20.1. The largest absolute Gasteiger partial charge is 0.462 e. The van der Waals surface area contributed by atoms with Crippen molar-refractivity contribution in [2.24, 2.45) is 0 Å². The number of thiophene rings is 1. The molecule has 2 rings (SSSR count). The Balaban J connectivity index is 2.34. The molecule has 2 aromatic rings. The highest BCUT2D eigenvalue weighted by Gasteiger charge is 2.28. The number of carbonyl (C=O) groups excluding carboxylic acids is 2. The first-order chi connectivity index (χ1) is 12.8. The second-order valence-corrected chi connectivity index (χ2v) is 7.74. The molecule has 6 nitrogen and oxygen atoms in total. The van der Waals surface area contributed by atoms with Crippen LogP contribution in [0.25, 0.3) is 0 Å². The topological polar surface area (TPSA) is 85.9 Å². The maximum atomic E-state index is 12.4. The lowest BCUT2D eigenvalue weighted by atomic mass is 10.0. The van der Waals surface area contributed by atoms with E-state index in [4.69, 9.17) is 10.5 Å². The van der Waals surface area contributed by atoms with Crippen LogP contribution in [0.2, 0.25) is 0 Å². The SMILES string of the molecule is CCOC(=O)c1c(N)sc(C(=O)NC)c1C[NH+](C)Cc1ccc(C)cc1C.